The molecule has 0 saturated carbocycles. The van der Waals surface area contributed by atoms with Crippen molar-refractivity contribution in [1.82, 2.24) is 5.32 Å². The van der Waals surface area contributed by atoms with Gasteiger partial charge in [-0.05, 0) is 42.5 Å². The first kappa shape index (κ1) is 17.6. The van der Waals surface area contributed by atoms with Gasteiger partial charge in [-0.25, -0.2) is 0 Å². The summed E-state index contributed by atoms with van der Waals surface area (Å²) in [5, 5.41) is 5.90. The summed E-state index contributed by atoms with van der Waals surface area (Å²) in [6.07, 6.45) is 1.60. The first-order chi connectivity index (χ1) is 11.5. The molecule has 0 bridgehead atoms. The standard InChI is InChI=1S/C18H17ClN2O3/c1-3-10-20-17(22)12-4-6-13(7-5-12)18(23)21-15-11-14(19)8-9-16(15)24-2/h3-9,11H,1,10H2,2H3,(H,20,22)(H,21,23). The first-order valence-corrected chi connectivity index (χ1v) is 7.57. The van der Waals surface area contributed by atoms with Crippen LogP contribution in [0.2, 0.25) is 5.02 Å². The van der Waals surface area contributed by atoms with Crippen molar-refractivity contribution in [1.29, 1.82) is 0 Å². The summed E-state index contributed by atoms with van der Waals surface area (Å²) in [7, 11) is 1.51. The van der Waals surface area contributed by atoms with E-state index in [0.717, 1.165) is 0 Å². The van der Waals surface area contributed by atoms with Crippen LogP contribution in [-0.2, 0) is 0 Å². The number of hydrogen-bond donors (Lipinski definition) is 2. The van der Waals surface area contributed by atoms with E-state index in [-0.39, 0.29) is 11.8 Å². The van der Waals surface area contributed by atoms with Crippen LogP contribution in [0.15, 0.2) is 55.1 Å². The van der Waals surface area contributed by atoms with Crippen LogP contribution in [0.5, 0.6) is 5.75 Å². The molecule has 0 aromatic heterocycles. The molecule has 2 aromatic carbocycles. The van der Waals surface area contributed by atoms with Gasteiger partial charge in [0.05, 0.1) is 12.8 Å². The zero-order chi connectivity index (χ0) is 17.5. The Hall–Kier alpha value is -2.79. The predicted octanol–water partition coefficient (Wildman–Crippen LogP) is 3.52. The summed E-state index contributed by atoms with van der Waals surface area (Å²) >= 11 is 5.94. The molecule has 5 nitrogen and oxygen atoms in total. The van der Waals surface area contributed by atoms with E-state index in [9.17, 15) is 9.59 Å². The van der Waals surface area contributed by atoms with E-state index in [0.29, 0.717) is 34.1 Å². The molecule has 2 amide bonds. The maximum Gasteiger partial charge on any atom is 0.255 e. The zero-order valence-corrected chi connectivity index (χ0v) is 13.9. The van der Waals surface area contributed by atoms with Crippen molar-refractivity contribution in [3.05, 3.63) is 71.3 Å². The predicted molar refractivity (Wildman–Crippen MR) is 94.9 cm³/mol. The molecular weight excluding hydrogens is 328 g/mol. The third-order valence-electron chi connectivity index (χ3n) is 3.23. The number of nitrogens with one attached hydrogen (secondary N) is 2. The fourth-order valence-electron chi connectivity index (χ4n) is 2.01. The summed E-state index contributed by atoms with van der Waals surface area (Å²) in [6, 6.07) is 11.3. The van der Waals surface area contributed by atoms with Gasteiger partial charge in [0.2, 0.25) is 0 Å². The summed E-state index contributed by atoms with van der Waals surface area (Å²) in [5.41, 5.74) is 1.36. The number of amides is 2. The van der Waals surface area contributed by atoms with E-state index in [1.54, 1.807) is 48.5 Å². The van der Waals surface area contributed by atoms with Crippen LogP contribution >= 0.6 is 11.6 Å². The number of methoxy groups -OCH3 is 1. The molecule has 2 aromatic rings. The fraction of sp³-hybridized carbons (Fsp3) is 0.111. The van der Waals surface area contributed by atoms with Crippen molar-refractivity contribution in [3.63, 3.8) is 0 Å². The summed E-state index contributed by atoms with van der Waals surface area (Å²) in [6.45, 7) is 3.92. The van der Waals surface area contributed by atoms with Crippen molar-refractivity contribution in [2.75, 3.05) is 19.0 Å². The van der Waals surface area contributed by atoms with Crippen LogP contribution in [-0.4, -0.2) is 25.5 Å². The molecule has 0 fully saturated rings. The lowest BCUT2D eigenvalue weighted by Gasteiger charge is -2.11. The zero-order valence-electron chi connectivity index (χ0n) is 13.1. The maximum atomic E-state index is 12.3. The van der Waals surface area contributed by atoms with E-state index in [4.69, 9.17) is 16.3 Å². The smallest absolute Gasteiger partial charge is 0.255 e. The Labute approximate surface area is 145 Å². The van der Waals surface area contributed by atoms with E-state index >= 15 is 0 Å². The molecule has 0 saturated heterocycles. The molecule has 24 heavy (non-hydrogen) atoms. The molecule has 0 unspecified atom stereocenters. The molecule has 0 aliphatic carbocycles. The molecule has 0 spiro atoms. The van der Waals surface area contributed by atoms with Crippen molar-refractivity contribution in [2.45, 2.75) is 0 Å². The Morgan fingerprint density at radius 1 is 1.12 bits per heavy atom. The number of carbonyl (C=O) groups excluding carboxylic acids is 2. The highest BCUT2D eigenvalue weighted by atomic mass is 35.5. The second-order valence-electron chi connectivity index (χ2n) is 4.87. The largest absolute Gasteiger partial charge is 0.495 e. The van der Waals surface area contributed by atoms with E-state index < -0.39 is 0 Å². The van der Waals surface area contributed by atoms with Gasteiger partial charge in [-0.2, -0.15) is 0 Å². The summed E-state index contributed by atoms with van der Waals surface area (Å²) in [5.74, 6) is -0.0415. The lowest BCUT2D eigenvalue weighted by molar-refractivity contribution is 0.0956. The summed E-state index contributed by atoms with van der Waals surface area (Å²) < 4.78 is 5.19. The van der Waals surface area contributed by atoms with Crippen LogP contribution in [0.1, 0.15) is 20.7 Å². The molecule has 2 N–H and O–H groups in total. The van der Waals surface area contributed by atoms with E-state index in [1.165, 1.54) is 7.11 Å². The number of hydrogen-bond acceptors (Lipinski definition) is 3. The molecule has 0 aliphatic rings. The van der Waals surface area contributed by atoms with Crippen molar-refractivity contribution in [3.8, 4) is 5.75 Å². The Morgan fingerprint density at radius 3 is 2.33 bits per heavy atom. The number of anilines is 1. The Balaban J connectivity index is 2.12. The highest BCUT2D eigenvalue weighted by Gasteiger charge is 2.11. The Morgan fingerprint density at radius 2 is 1.75 bits per heavy atom. The fourth-order valence-corrected chi connectivity index (χ4v) is 2.18. The molecule has 124 valence electrons. The van der Waals surface area contributed by atoms with Crippen LogP contribution in [0.3, 0.4) is 0 Å². The average Bonchev–Trinajstić information content (AvgIpc) is 2.60. The normalized spacial score (nSPS) is 9.92. The van der Waals surface area contributed by atoms with E-state index in [1.807, 2.05) is 0 Å². The maximum absolute atomic E-state index is 12.3. The lowest BCUT2D eigenvalue weighted by Crippen LogP contribution is -2.23. The number of benzene rings is 2. The highest BCUT2D eigenvalue weighted by Crippen LogP contribution is 2.28. The first-order valence-electron chi connectivity index (χ1n) is 7.19. The molecule has 0 atom stereocenters. The number of rotatable bonds is 6. The van der Waals surface area contributed by atoms with Gasteiger partial charge < -0.3 is 15.4 Å². The minimum absolute atomic E-state index is 0.224. The molecular formula is C18H17ClN2O3. The van der Waals surface area contributed by atoms with Crippen LogP contribution in [0.25, 0.3) is 0 Å². The minimum atomic E-state index is -0.325. The third kappa shape index (κ3) is 4.36. The van der Waals surface area contributed by atoms with Crippen LogP contribution < -0.4 is 15.4 Å². The SMILES string of the molecule is C=CCNC(=O)c1ccc(C(=O)Nc2cc(Cl)ccc2OC)cc1. The van der Waals surface area contributed by atoms with Gasteiger partial charge in [-0.1, -0.05) is 17.7 Å². The van der Waals surface area contributed by atoms with Crippen molar-refractivity contribution in [2.24, 2.45) is 0 Å². The Bertz CT molecular complexity index is 757. The van der Waals surface area contributed by atoms with Crippen molar-refractivity contribution < 1.29 is 14.3 Å². The quantitative estimate of drug-likeness (QED) is 0.788. The topological polar surface area (TPSA) is 67.4 Å². The van der Waals surface area contributed by atoms with Crippen LogP contribution in [0, 0.1) is 0 Å². The Kier molecular flexibility index (Phi) is 5.98. The van der Waals surface area contributed by atoms with E-state index in [2.05, 4.69) is 17.2 Å². The minimum Gasteiger partial charge on any atom is -0.495 e. The van der Waals surface area contributed by atoms with Gasteiger partial charge in [-0.15, -0.1) is 6.58 Å². The molecule has 0 heterocycles. The van der Waals surface area contributed by atoms with Gasteiger partial charge in [0.25, 0.3) is 11.8 Å². The third-order valence-corrected chi connectivity index (χ3v) is 3.46. The lowest BCUT2D eigenvalue weighted by atomic mass is 10.1. The monoisotopic (exact) mass is 344 g/mol. The number of halogens is 1. The van der Waals surface area contributed by atoms with Crippen LogP contribution in [0.4, 0.5) is 5.69 Å². The molecule has 0 aliphatic heterocycles. The average molecular weight is 345 g/mol. The number of ether oxygens (including phenoxy) is 1. The molecule has 0 radical (unpaired) electrons. The second kappa shape index (κ2) is 8.17. The van der Waals surface area contributed by atoms with Gasteiger partial charge >= 0.3 is 0 Å². The van der Waals surface area contributed by atoms with Gasteiger partial charge in [0.15, 0.2) is 0 Å². The van der Waals surface area contributed by atoms with Gasteiger partial charge in [0, 0.05) is 22.7 Å². The van der Waals surface area contributed by atoms with Gasteiger partial charge in [-0.3, -0.25) is 9.59 Å². The molecule has 6 heteroatoms. The molecule has 2 rings (SSSR count). The summed E-state index contributed by atoms with van der Waals surface area (Å²) in [4.78, 5) is 24.1. The second-order valence-corrected chi connectivity index (χ2v) is 5.31. The van der Waals surface area contributed by atoms with Crippen molar-refractivity contribution >= 4 is 29.1 Å². The highest BCUT2D eigenvalue weighted by molar-refractivity contribution is 6.31. The number of carbonyl (C=O) groups is 2. The van der Waals surface area contributed by atoms with Gasteiger partial charge in [0.1, 0.15) is 5.75 Å².